The first-order valence-electron chi connectivity index (χ1n) is 4.51. The third-order valence-corrected chi connectivity index (χ3v) is 2.44. The van der Waals surface area contributed by atoms with Crippen molar-refractivity contribution in [2.24, 2.45) is 5.92 Å². The monoisotopic (exact) mass is 156 g/mol. The number of carboxylic acid groups (broad SMARTS) is 1. The second kappa shape index (κ2) is 4.37. The van der Waals surface area contributed by atoms with E-state index < -0.39 is 5.97 Å². The molecule has 1 saturated carbocycles. The molecule has 0 bridgehead atoms. The predicted octanol–water partition coefficient (Wildman–Crippen LogP) is 2.43. The second-order valence-corrected chi connectivity index (χ2v) is 3.46. The Balaban J connectivity index is 2.25. The summed E-state index contributed by atoms with van der Waals surface area (Å²) in [6, 6.07) is 0. The Bertz CT molecular complexity index is 124. The molecular weight excluding hydrogens is 140 g/mol. The van der Waals surface area contributed by atoms with E-state index in [1.807, 2.05) is 0 Å². The molecule has 64 valence electrons. The maximum absolute atomic E-state index is 10.4. The van der Waals surface area contributed by atoms with E-state index in [0.717, 1.165) is 12.8 Å². The van der Waals surface area contributed by atoms with E-state index in [0.29, 0.717) is 12.3 Å². The van der Waals surface area contributed by atoms with Crippen LogP contribution in [0.4, 0.5) is 0 Å². The molecule has 1 aliphatic carbocycles. The van der Waals surface area contributed by atoms with Gasteiger partial charge in [-0.3, -0.25) is 4.79 Å². The van der Waals surface area contributed by atoms with E-state index in [-0.39, 0.29) is 0 Å². The lowest BCUT2D eigenvalue weighted by atomic mass is 9.97. The van der Waals surface area contributed by atoms with Crippen molar-refractivity contribution < 1.29 is 9.90 Å². The summed E-state index contributed by atoms with van der Waals surface area (Å²) in [6.45, 7) is 0. The third-order valence-electron chi connectivity index (χ3n) is 2.44. The summed E-state index contributed by atoms with van der Waals surface area (Å²) in [4.78, 5) is 10.4. The molecule has 1 aliphatic rings. The zero-order valence-corrected chi connectivity index (χ0v) is 6.88. The van der Waals surface area contributed by atoms with Crippen LogP contribution in [0.25, 0.3) is 0 Å². The average molecular weight is 156 g/mol. The Morgan fingerprint density at radius 2 is 1.73 bits per heavy atom. The van der Waals surface area contributed by atoms with Crippen LogP contribution in [0.15, 0.2) is 0 Å². The number of carboxylic acids is 1. The van der Waals surface area contributed by atoms with Crippen LogP contribution in [0.1, 0.15) is 44.9 Å². The molecule has 0 atom stereocenters. The molecule has 1 N–H and O–H groups in total. The van der Waals surface area contributed by atoms with Gasteiger partial charge < -0.3 is 5.11 Å². The van der Waals surface area contributed by atoms with Crippen molar-refractivity contribution in [2.75, 3.05) is 0 Å². The highest BCUT2D eigenvalue weighted by atomic mass is 16.4. The molecule has 0 aromatic rings. The minimum atomic E-state index is -0.628. The quantitative estimate of drug-likeness (QED) is 0.623. The van der Waals surface area contributed by atoms with E-state index in [1.165, 1.54) is 25.7 Å². The number of hydrogen-bond donors (Lipinski definition) is 1. The van der Waals surface area contributed by atoms with Crippen LogP contribution in [0.3, 0.4) is 0 Å². The first kappa shape index (κ1) is 8.57. The summed E-state index contributed by atoms with van der Waals surface area (Å²) in [6.07, 6.45) is 7.72. The highest BCUT2D eigenvalue weighted by Crippen LogP contribution is 2.24. The Morgan fingerprint density at radius 3 is 2.18 bits per heavy atom. The minimum absolute atomic E-state index is 0.389. The van der Waals surface area contributed by atoms with Gasteiger partial charge in [0, 0.05) is 6.42 Å². The molecule has 11 heavy (non-hydrogen) atoms. The van der Waals surface area contributed by atoms with E-state index in [1.54, 1.807) is 0 Å². The van der Waals surface area contributed by atoms with Gasteiger partial charge in [0.05, 0.1) is 0 Å². The van der Waals surface area contributed by atoms with Gasteiger partial charge in [0.2, 0.25) is 0 Å². The molecule has 0 spiro atoms. The van der Waals surface area contributed by atoms with Gasteiger partial charge in [0.1, 0.15) is 0 Å². The maximum Gasteiger partial charge on any atom is 0.303 e. The summed E-state index contributed by atoms with van der Waals surface area (Å²) in [5.41, 5.74) is 0. The van der Waals surface area contributed by atoms with Crippen LogP contribution in [-0.2, 0) is 4.79 Å². The predicted molar refractivity (Wildman–Crippen MR) is 43.4 cm³/mol. The number of aliphatic carboxylic acids is 1. The van der Waals surface area contributed by atoms with Crippen molar-refractivity contribution in [1.29, 1.82) is 0 Å². The molecule has 0 aromatic heterocycles. The number of rotatable bonds is 2. The van der Waals surface area contributed by atoms with Crippen molar-refractivity contribution in [3.05, 3.63) is 0 Å². The van der Waals surface area contributed by atoms with Gasteiger partial charge in [-0.15, -0.1) is 0 Å². The Hall–Kier alpha value is -0.530. The molecular formula is C9H16O2. The van der Waals surface area contributed by atoms with Crippen LogP contribution in [0.5, 0.6) is 0 Å². The zero-order valence-electron chi connectivity index (χ0n) is 6.88. The summed E-state index contributed by atoms with van der Waals surface area (Å²) < 4.78 is 0. The molecule has 1 rings (SSSR count). The fourth-order valence-corrected chi connectivity index (χ4v) is 1.81. The van der Waals surface area contributed by atoms with Crippen molar-refractivity contribution >= 4 is 5.97 Å². The fraction of sp³-hybridized carbons (Fsp3) is 0.889. The standard InChI is InChI=1S/C9H16O2/c10-9(11)7-8-5-3-1-2-4-6-8/h8H,1-7H2,(H,10,11). The minimum Gasteiger partial charge on any atom is -0.481 e. The third kappa shape index (κ3) is 3.40. The molecule has 2 heteroatoms. The lowest BCUT2D eigenvalue weighted by molar-refractivity contribution is -0.138. The van der Waals surface area contributed by atoms with Crippen molar-refractivity contribution in [3.8, 4) is 0 Å². The Labute approximate surface area is 67.6 Å². The fourth-order valence-electron chi connectivity index (χ4n) is 1.81. The molecule has 0 heterocycles. The molecule has 1 fully saturated rings. The zero-order chi connectivity index (χ0) is 8.10. The van der Waals surface area contributed by atoms with Crippen LogP contribution >= 0.6 is 0 Å². The van der Waals surface area contributed by atoms with E-state index >= 15 is 0 Å². The summed E-state index contributed by atoms with van der Waals surface area (Å²) in [5.74, 6) is -0.160. The molecule has 0 radical (unpaired) electrons. The van der Waals surface area contributed by atoms with Crippen molar-refractivity contribution in [1.82, 2.24) is 0 Å². The van der Waals surface area contributed by atoms with Crippen LogP contribution < -0.4 is 0 Å². The van der Waals surface area contributed by atoms with Gasteiger partial charge in [-0.25, -0.2) is 0 Å². The van der Waals surface area contributed by atoms with Crippen molar-refractivity contribution in [3.63, 3.8) is 0 Å². The molecule has 0 amide bonds. The Kier molecular flexibility index (Phi) is 3.40. The molecule has 0 saturated heterocycles. The molecule has 0 aromatic carbocycles. The van der Waals surface area contributed by atoms with Gasteiger partial charge >= 0.3 is 5.97 Å². The highest BCUT2D eigenvalue weighted by molar-refractivity contribution is 5.66. The van der Waals surface area contributed by atoms with Gasteiger partial charge in [-0.2, -0.15) is 0 Å². The van der Waals surface area contributed by atoms with Crippen LogP contribution in [-0.4, -0.2) is 11.1 Å². The van der Waals surface area contributed by atoms with E-state index in [4.69, 9.17) is 5.11 Å². The lowest BCUT2D eigenvalue weighted by Gasteiger charge is -2.09. The molecule has 2 nitrogen and oxygen atoms in total. The Morgan fingerprint density at radius 1 is 1.18 bits per heavy atom. The van der Waals surface area contributed by atoms with E-state index in [9.17, 15) is 4.79 Å². The SMILES string of the molecule is O=C(O)CC1CCCCCC1. The lowest BCUT2D eigenvalue weighted by Crippen LogP contribution is -2.06. The van der Waals surface area contributed by atoms with Crippen LogP contribution in [0, 0.1) is 5.92 Å². The summed E-state index contributed by atoms with van der Waals surface area (Å²) >= 11 is 0. The molecule has 0 aliphatic heterocycles. The highest BCUT2D eigenvalue weighted by Gasteiger charge is 2.14. The number of carbonyl (C=O) groups is 1. The maximum atomic E-state index is 10.4. The first-order chi connectivity index (χ1) is 5.29. The normalized spacial score (nSPS) is 21.1. The average Bonchev–Trinajstić information content (AvgIpc) is 2.14. The molecule has 0 unspecified atom stereocenters. The number of hydrogen-bond acceptors (Lipinski definition) is 1. The first-order valence-corrected chi connectivity index (χ1v) is 4.51. The van der Waals surface area contributed by atoms with Crippen LogP contribution in [0.2, 0.25) is 0 Å². The summed E-state index contributed by atoms with van der Waals surface area (Å²) in [7, 11) is 0. The van der Waals surface area contributed by atoms with E-state index in [2.05, 4.69) is 0 Å². The largest absolute Gasteiger partial charge is 0.481 e. The smallest absolute Gasteiger partial charge is 0.303 e. The van der Waals surface area contributed by atoms with Crippen molar-refractivity contribution in [2.45, 2.75) is 44.9 Å². The topological polar surface area (TPSA) is 37.3 Å². The van der Waals surface area contributed by atoms with Gasteiger partial charge in [-0.1, -0.05) is 25.7 Å². The van der Waals surface area contributed by atoms with Gasteiger partial charge in [0.15, 0.2) is 0 Å². The second-order valence-electron chi connectivity index (χ2n) is 3.46. The van der Waals surface area contributed by atoms with Gasteiger partial charge in [0.25, 0.3) is 0 Å². The summed E-state index contributed by atoms with van der Waals surface area (Å²) in [5, 5.41) is 8.56. The van der Waals surface area contributed by atoms with Gasteiger partial charge in [-0.05, 0) is 18.8 Å².